The predicted octanol–water partition coefficient (Wildman–Crippen LogP) is 5.82. The Balaban J connectivity index is 3.04. The van der Waals surface area contributed by atoms with Crippen LogP contribution in [0, 0.1) is 0 Å². The molecule has 3 heteroatoms. The second kappa shape index (κ2) is 20.6. The maximum Gasteiger partial charge on any atom is 0.151 e. The van der Waals surface area contributed by atoms with E-state index in [1.807, 2.05) is 0 Å². The summed E-state index contributed by atoms with van der Waals surface area (Å²) >= 11 is 0. The van der Waals surface area contributed by atoms with Gasteiger partial charge in [-0.25, -0.2) is 0 Å². The van der Waals surface area contributed by atoms with Gasteiger partial charge in [-0.05, 0) is 6.42 Å². The van der Waals surface area contributed by atoms with E-state index in [-0.39, 0.29) is 6.61 Å². The molecule has 0 aromatic heterocycles. The second-order valence-corrected chi connectivity index (χ2v) is 7.03. The van der Waals surface area contributed by atoms with Gasteiger partial charge in [0.25, 0.3) is 0 Å². The summed E-state index contributed by atoms with van der Waals surface area (Å²) in [4.78, 5) is 10.5. The van der Waals surface area contributed by atoms with E-state index < -0.39 is 6.10 Å². The minimum absolute atomic E-state index is 0.206. The molecule has 0 saturated carbocycles. The van der Waals surface area contributed by atoms with Gasteiger partial charge < -0.3 is 14.6 Å². The van der Waals surface area contributed by atoms with Crippen molar-refractivity contribution in [3.63, 3.8) is 0 Å². The number of unbranched alkanes of at least 4 members (excludes halogenated alkanes) is 15. The molecule has 3 nitrogen and oxygen atoms in total. The summed E-state index contributed by atoms with van der Waals surface area (Å²) in [7, 11) is 0. The molecule has 0 fully saturated rings. The first kappa shape index (κ1) is 23.6. The smallest absolute Gasteiger partial charge is 0.151 e. The summed E-state index contributed by atoms with van der Waals surface area (Å²) < 4.78 is 5.24. The monoisotopic (exact) mass is 342 g/mol. The summed E-state index contributed by atoms with van der Waals surface area (Å²) in [5.41, 5.74) is 0. The Labute approximate surface area is 150 Å². The summed E-state index contributed by atoms with van der Waals surface area (Å²) in [6.45, 7) is 2.66. The van der Waals surface area contributed by atoms with Crippen molar-refractivity contribution in [1.29, 1.82) is 0 Å². The first-order valence-electron chi connectivity index (χ1n) is 10.5. The Bertz CT molecular complexity index is 243. The molecule has 0 aromatic rings. The van der Waals surface area contributed by atoms with Crippen LogP contribution in [0.5, 0.6) is 0 Å². The highest BCUT2D eigenvalue weighted by Gasteiger charge is 2.03. The van der Waals surface area contributed by atoms with Crippen molar-refractivity contribution in [2.24, 2.45) is 0 Å². The minimum Gasteiger partial charge on any atom is -0.393 e. The standard InChI is InChI=1S/C21H42O3/c1-2-3-4-5-6-7-8-9-10-11-12-13-14-15-16-17-18-24-21(19-22)20-23/h19,21,23H,2-18,20H2,1H3. The fraction of sp³-hybridized carbons (Fsp3) is 0.952. The van der Waals surface area contributed by atoms with Crippen molar-refractivity contribution in [3.8, 4) is 0 Å². The van der Waals surface area contributed by atoms with E-state index in [4.69, 9.17) is 9.84 Å². The first-order valence-corrected chi connectivity index (χ1v) is 10.5. The normalized spacial score (nSPS) is 12.4. The van der Waals surface area contributed by atoms with Crippen LogP contribution in [0.2, 0.25) is 0 Å². The predicted molar refractivity (Wildman–Crippen MR) is 102 cm³/mol. The van der Waals surface area contributed by atoms with Crippen LogP contribution in [0.3, 0.4) is 0 Å². The summed E-state index contributed by atoms with van der Waals surface area (Å²) in [5.74, 6) is 0. The van der Waals surface area contributed by atoms with E-state index in [1.54, 1.807) is 0 Å². The Morgan fingerprint density at radius 1 is 0.708 bits per heavy atom. The van der Waals surface area contributed by atoms with Crippen LogP contribution in [-0.4, -0.2) is 30.7 Å². The molecule has 0 aliphatic carbocycles. The highest BCUT2D eigenvalue weighted by molar-refractivity contribution is 5.55. The average Bonchev–Trinajstić information content (AvgIpc) is 2.61. The lowest BCUT2D eigenvalue weighted by Gasteiger charge is -2.08. The molecular weight excluding hydrogens is 300 g/mol. The van der Waals surface area contributed by atoms with Gasteiger partial charge in [-0.1, -0.05) is 103 Å². The molecular formula is C21H42O3. The molecule has 0 spiro atoms. The van der Waals surface area contributed by atoms with Crippen LogP contribution in [-0.2, 0) is 9.53 Å². The Kier molecular flexibility index (Phi) is 20.3. The Hall–Kier alpha value is -0.410. The second-order valence-electron chi connectivity index (χ2n) is 7.03. The lowest BCUT2D eigenvalue weighted by molar-refractivity contribution is -0.120. The molecule has 0 rings (SSSR count). The molecule has 24 heavy (non-hydrogen) atoms. The maximum absolute atomic E-state index is 10.5. The molecule has 0 aliphatic heterocycles. The molecule has 0 saturated heterocycles. The molecule has 0 amide bonds. The van der Waals surface area contributed by atoms with Crippen LogP contribution in [0.15, 0.2) is 0 Å². The van der Waals surface area contributed by atoms with Crippen LogP contribution in [0.1, 0.15) is 110 Å². The van der Waals surface area contributed by atoms with Crippen molar-refractivity contribution in [1.82, 2.24) is 0 Å². The SMILES string of the molecule is CCCCCCCCCCCCCCCCCCOC(C=O)CO. The molecule has 0 bridgehead atoms. The number of hydrogen-bond donors (Lipinski definition) is 1. The third-order valence-electron chi connectivity index (χ3n) is 4.66. The highest BCUT2D eigenvalue weighted by atomic mass is 16.5. The Morgan fingerprint density at radius 3 is 1.42 bits per heavy atom. The van der Waals surface area contributed by atoms with Crippen molar-refractivity contribution >= 4 is 6.29 Å². The van der Waals surface area contributed by atoms with Gasteiger partial charge in [-0.2, -0.15) is 0 Å². The van der Waals surface area contributed by atoms with Gasteiger partial charge in [0.1, 0.15) is 6.10 Å². The number of carbonyl (C=O) groups excluding carboxylic acids is 1. The zero-order chi connectivity index (χ0) is 17.7. The number of rotatable bonds is 20. The zero-order valence-corrected chi connectivity index (χ0v) is 16.1. The van der Waals surface area contributed by atoms with E-state index in [0.717, 1.165) is 12.8 Å². The van der Waals surface area contributed by atoms with Gasteiger partial charge in [0, 0.05) is 6.61 Å². The van der Waals surface area contributed by atoms with E-state index in [9.17, 15) is 4.79 Å². The van der Waals surface area contributed by atoms with Crippen LogP contribution >= 0.6 is 0 Å². The van der Waals surface area contributed by atoms with Gasteiger partial charge in [0.15, 0.2) is 6.29 Å². The number of aliphatic hydroxyl groups is 1. The number of hydrogen-bond acceptors (Lipinski definition) is 3. The van der Waals surface area contributed by atoms with Crippen molar-refractivity contribution < 1.29 is 14.6 Å². The van der Waals surface area contributed by atoms with Crippen molar-refractivity contribution in [2.75, 3.05) is 13.2 Å². The van der Waals surface area contributed by atoms with E-state index in [2.05, 4.69) is 6.92 Å². The lowest BCUT2D eigenvalue weighted by atomic mass is 10.0. The van der Waals surface area contributed by atoms with E-state index in [0.29, 0.717) is 12.9 Å². The largest absolute Gasteiger partial charge is 0.393 e. The average molecular weight is 343 g/mol. The first-order chi connectivity index (χ1) is 11.8. The zero-order valence-electron chi connectivity index (χ0n) is 16.1. The summed E-state index contributed by atoms with van der Waals surface area (Å²) in [6.07, 6.45) is 21.7. The molecule has 0 radical (unpaired) electrons. The molecule has 0 aliphatic rings. The third-order valence-corrected chi connectivity index (χ3v) is 4.66. The quantitative estimate of drug-likeness (QED) is 0.224. The number of ether oxygens (including phenoxy) is 1. The third kappa shape index (κ3) is 17.9. The highest BCUT2D eigenvalue weighted by Crippen LogP contribution is 2.13. The molecule has 1 atom stereocenters. The fourth-order valence-electron chi connectivity index (χ4n) is 3.02. The molecule has 0 aromatic carbocycles. The molecule has 1 unspecified atom stereocenters. The van der Waals surface area contributed by atoms with Gasteiger partial charge in [0.05, 0.1) is 6.61 Å². The molecule has 0 heterocycles. The molecule has 1 N–H and O–H groups in total. The number of aldehydes is 1. The maximum atomic E-state index is 10.5. The molecule has 144 valence electrons. The van der Waals surface area contributed by atoms with Gasteiger partial charge in [0.2, 0.25) is 0 Å². The van der Waals surface area contributed by atoms with Crippen LogP contribution < -0.4 is 0 Å². The fourth-order valence-corrected chi connectivity index (χ4v) is 3.02. The summed E-state index contributed by atoms with van der Waals surface area (Å²) in [5, 5.41) is 8.80. The van der Waals surface area contributed by atoms with Crippen LogP contribution in [0.4, 0.5) is 0 Å². The van der Waals surface area contributed by atoms with Crippen molar-refractivity contribution in [2.45, 2.75) is 116 Å². The van der Waals surface area contributed by atoms with Crippen LogP contribution in [0.25, 0.3) is 0 Å². The number of carbonyl (C=O) groups is 1. The summed E-state index contributed by atoms with van der Waals surface area (Å²) in [6, 6.07) is 0. The van der Waals surface area contributed by atoms with Crippen molar-refractivity contribution in [3.05, 3.63) is 0 Å². The van der Waals surface area contributed by atoms with Gasteiger partial charge in [-0.15, -0.1) is 0 Å². The van der Waals surface area contributed by atoms with E-state index >= 15 is 0 Å². The minimum atomic E-state index is -0.624. The lowest BCUT2D eigenvalue weighted by Crippen LogP contribution is -2.19. The van der Waals surface area contributed by atoms with Gasteiger partial charge >= 0.3 is 0 Å². The van der Waals surface area contributed by atoms with Gasteiger partial charge in [-0.3, -0.25) is 0 Å². The Morgan fingerprint density at radius 2 is 1.08 bits per heavy atom. The van der Waals surface area contributed by atoms with E-state index in [1.165, 1.54) is 89.9 Å². The topological polar surface area (TPSA) is 46.5 Å². The number of aliphatic hydroxyl groups excluding tert-OH is 1.